The molecule has 1 aromatic carbocycles. The third-order valence-corrected chi connectivity index (χ3v) is 4.99. The minimum absolute atomic E-state index is 0.322. The fraction of sp³-hybridized carbons (Fsp3) is 0.389. The first-order chi connectivity index (χ1) is 12.6. The second kappa shape index (κ2) is 7.39. The molecule has 3 aromatic rings. The van der Waals surface area contributed by atoms with Crippen LogP contribution in [0.25, 0.3) is 17.0 Å². The molecule has 8 heteroatoms. The van der Waals surface area contributed by atoms with Crippen LogP contribution < -0.4 is 5.32 Å². The number of halogens is 2. The number of anilines is 1. The third kappa shape index (κ3) is 3.77. The lowest BCUT2D eigenvalue weighted by atomic mass is 9.96. The maximum atomic E-state index is 6.11. The Kier molecular flexibility index (Phi) is 4.98. The predicted octanol–water partition coefficient (Wildman–Crippen LogP) is 4.33. The molecule has 2 atom stereocenters. The van der Waals surface area contributed by atoms with E-state index in [-0.39, 0.29) is 0 Å². The SMILES string of the molecule is C[C@H]1C[C@@H](CNc2ccc3nnc(-c4cc(Cl)cc(Cl)c4)n3n2)CCO1. The van der Waals surface area contributed by atoms with Gasteiger partial charge in [-0.25, -0.2) is 0 Å². The highest BCUT2D eigenvalue weighted by Crippen LogP contribution is 2.26. The van der Waals surface area contributed by atoms with Crippen LogP contribution in [0.3, 0.4) is 0 Å². The van der Waals surface area contributed by atoms with Gasteiger partial charge in [0.2, 0.25) is 0 Å². The number of benzene rings is 1. The Bertz CT molecular complexity index is 909. The topological polar surface area (TPSA) is 64.3 Å². The van der Waals surface area contributed by atoms with E-state index in [1.807, 2.05) is 12.1 Å². The Hall–Kier alpha value is -1.89. The monoisotopic (exact) mass is 391 g/mol. The lowest BCUT2D eigenvalue weighted by Crippen LogP contribution is -2.28. The maximum absolute atomic E-state index is 6.11. The van der Waals surface area contributed by atoms with Gasteiger partial charge in [-0.2, -0.15) is 4.52 Å². The fourth-order valence-corrected chi connectivity index (χ4v) is 3.80. The standard InChI is InChI=1S/C18H19Cl2N5O/c1-11-6-12(4-5-26-11)10-21-16-2-3-17-22-23-18(25(17)24-16)13-7-14(19)9-15(20)8-13/h2-3,7-9,11-12H,4-6,10H2,1H3,(H,21,24)/t11-,12-/m0/s1. The van der Waals surface area contributed by atoms with Gasteiger partial charge in [0, 0.05) is 28.8 Å². The molecule has 3 heterocycles. The van der Waals surface area contributed by atoms with Crippen LogP contribution in [0.5, 0.6) is 0 Å². The average Bonchev–Trinajstić information content (AvgIpc) is 3.02. The Balaban J connectivity index is 1.58. The second-order valence-corrected chi connectivity index (χ2v) is 7.50. The summed E-state index contributed by atoms with van der Waals surface area (Å²) < 4.78 is 7.31. The maximum Gasteiger partial charge on any atom is 0.185 e. The van der Waals surface area contributed by atoms with Gasteiger partial charge < -0.3 is 10.1 Å². The molecule has 136 valence electrons. The van der Waals surface area contributed by atoms with Crippen molar-refractivity contribution < 1.29 is 4.74 Å². The smallest absolute Gasteiger partial charge is 0.185 e. The van der Waals surface area contributed by atoms with Crippen molar-refractivity contribution in [3.63, 3.8) is 0 Å². The van der Waals surface area contributed by atoms with E-state index in [4.69, 9.17) is 27.9 Å². The van der Waals surface area contributed by atoms with Gasteiger partial charge in [-0.15, -0.1) is 15.3 Å². The van der Waals surface area contributed by atoms with Gasteiger partial charge in [0.15, 0.2) is 11.5 Å². The largest absolute Gasteiger partial charge is 0.378 e. The summed E-state index contributed by atoms with van der Waals surface area (Å²) in [5.74, 6) is 1.97. The van der Waals surface area contributed by atoms with Gasteiger partial charge in [0.05, 0.1) is 6.10 Å². The molecule has 4 rings (SSSR count). The Morgan fingerprint density at radius 3 is 2.77 bits per heavy atom. The normalized spacial score (nSPS) is 20.4. The molecule has 0 aliphatic carbocycles. The second-order valence-electron chi connectivity index (χ2n) is 6.62. The van der Waals surface area contributed by atoms with E-state index in [0.29, 0.717) is 33.5 Å². The van der Waals surface area contributed by atoms with Crippen LogP contribution in [-0.4, -0.2) is 39.1 Å². The summed E-state index contributed by atoms with van der Waals surface area (Å²) in [6.07, 6.45) is 2.45. The number of aromatic nitrogens is 4. The van der Waals surface area contributed by atoms with Gasteiger partial charge in [-0.3, -0.25) is 0 Å². The van der Waals surface area contributed by atoms with Crippen molar-refractivity contribution in [2.45, 2.75) is 25.9 Å². The number of ether oxygens (including phenoxy) is 1. The van der Waals surface area contributed by atoms with E-state index in [1.165, 1.54) is 0 Å². The first-order valence-corrected chi connectivity index (χ1v) is 9.38. The van der Waals surface area contributed by atoms with Crippen molar-refractivity contribution in [3.8, 4) is 11.4 Å². The summed E-state index contributed by atoms with van der Waals surface area (Å²) in [4.78, 5) is 0. The summed E-state index contributed by atoms with van der Waals surface area (Å²) in [6, 6.07) is 9.10. The van der Waals surface area contributed by atoms with Crippen molar-refractivity contribution >= 4 is 34.7 Å². The highest BCUT2D eigenvalue weighted by molar-refractivity contribution is 6.35. The Morgan fingerprint density at radius 2 is 2.00 bits per heavy atom. The van der Waals surface area contributed by atoms with E-state index >= 15 is 0 Å². The quantitative estimate of drug-likeness (QED) is 0.716. The summed E-state index contributed by atoms with van der Waals surface area (Å²) in [5.41, 5.74) is 1.44. The minimum atomic E-state index is 0.322. The zero-order valence-corrected chi connectivity index (χ0v) is 15.8. The van der Waals surface area contributed by atoms with Crippen LogP contribution >= 0.6 is 23.2 Å². The van der Waals surface area contributed by atoms with E-state index in [0.717, 1.165) is 37.4 Å². The van der Waals surface area contributed by atoms with Crippen molar-refractivity contribution in [1.82, 2.24) is 19.8 Å². The van der Waals surface area contributed by atoms with Crippen molar-refractivity contribution in [1.29, 1.82) is 0 Å². The number of hydrogen-bond acceptors (Lipinski definition) is 5. The van der Waals surface area contributed by atoms with Crippen LogP contribution in [0.2, 0.25) is 10.0 Å². The van der Waals surface area contributed by atoms with Crippen molar-refractivity contribution in [2.75, 3.05) is 18.5 Å². The molecule has 1 N–H and O–H groups in total. The molecule has 2 aromatic heterocycles. The first-order valence-electron chi connectivity index (χ1n) is 8.63. The first kappa shape index (κ1) is 17.5. The van der Waals surface area contributed by atoms with Gasteiger partial charge in [0.1, 0.15) is 5.82 Å². The summed E-state index contributed by atoms with van der Waals surface area (Å²) in [6.45, 7) is 3.81. The molecule has 1 saturated heterocycles. The third-order valence-electron chi connectivity index (χ3n) is 4.55. The fourth-order valence-electron chi connectivity index (χ4n) is 3.27. The lowest BCUT2D eigenvalue weighted by Gasteiger charge is -2.27. The summed E-state index contributed by atoms with van der Waals surface area (Å²) >= 11 is 12.2. The van der Waals surface area contributed by atoms with Gasteiger partial charge in [-0.1, -0.05) is 23.2 Å². The number of fused-ring (bicyclic) bond motifs is 1. The molecular weight excluding hydrogens is 373 g/mol. The Labute approximate surface area is 161 Å². The number of nitrogens with one attached hydrogen (secondary N) is 1. The minimum Gasteiger partial charge on any atom is -0.378 e. The molecule has 1 aliphatic heterocycles. The Morgan fingerprint density at radius 1 is 1.19 bits per heavy atom. The predicted molar refractivity (Wildman–Crippen MR) is 103 cm³/mol. The van der Waals surface area contributed by atoms with Gasteiger partial charge in [-0.05, 0) is 56.0 Å². The molecule has 0 spiro atoms. The molecule has 6 nitrogen and oxygen atoms in total. The molecule has 0 amide bonds. The van der Waals surface area contributed by atoms with Crippen LogP contribution in [0, 0.1) is 5.92 Å². The number of hydrogen-bond donors (Lipinski definition) is 1. The highest BCUT2D eigenvalue weighted by atomic mass is 35.5. The zero-order valence-electron chi connectivity index (χ0n) is 14.3. The molecular formula is C18H19Cl2N5O. The lowest BCUT2D eigenvalue weighted by molar-refractivity contribution is 0.00557. The number of nitrogens with zero attached hydrogens (tertiary/aromatic N) is 4. The summed E-state index contributed by atoms with van der Waals surface area (Å²) in [5, 5.41) is 17.6. The molecule has 0 saturated carbocycles. The van der Waals surface area contributed by atoms with Crippen LogP contribution in [-0.2, 0) is 4.74 Å². The number of rotatable bonds is 4. The van der Waals surface area contributed by atoms with Crippen molar-refractivity contribution in [2.24, 2.45) is 5.92 Å². The average molecular weight is 392 g/mol. The molecule has 0 bridgehead atoms. The molecule has 1 fully saturated rings. The van der Waals surface area contributed by atoms with Crippen molar-refractivity contribution in [3.05, 3.63) is 40.4 Å². The van der Waals surface area contributed by atoms with Crippen LogP contribution in [0.15, 0.2) is 30.3 Å². The molecule has 26 heavy (non-hydrogen) atoms. The van der Waals surface area contributed by atoms with E-state index in [2.05, 4.69) is 27.5 Å². The molecule has 1 aliphatic rings. The summed E-state index contributed by atoms with van der Waals surface area (Å²) in [7, 11) is 0. The van der Waals surface area contributed by atoms with Gasteiger partial charge in [0.25, 0.3) is 0 Å². The molecule has 0 radical (unpaired) electrons. The van der Waals surface area contributed by atoms with E-state index in [9.17, 15) is 0 Å². The highest BCUT2D eigenvalue weighted by Gasteiger charge is 2.19. The molecule has 0 unspecified atom stereocenters. The van der Waals surface area contributed by atoms with E-state index < -0.39 is 0 Å². The van der Waals surface area contributed by atoms with Gasteiger partial charge >= 0.3 is 0 Å². The van der Waals surface area contributed by atoms with Crippen LogP contribution in [0.4, 0.5) is 5.82 Å². The van der Waals surface area contributed by atoms with E-state index in [1.54, 1.807) is 22.7 Å². The van der Waals surface area contributed by atoms with Crippen LogP contribution in [0.1, 0.15) is 19.8 Å². The zero-order chi connectivity index (χ0) is 18.1.